The lowest BCUT2D eigenvalue weighted by molar-refractivity contribution is -0.146. The predicted molar refractivity (Wildman–Crippen MR) is 99.4 cm³/mol. The summed E-state index contributed by atoms with van der Waals surface area (Å²) in [6, 6.07) is 12.0. The molecule has 0 saturated carbocycles. The molecule has 5 nitrogen and oxygen atoms in total. The Morgan fingerprint density at radius 3 is 2.23 bits per heavy atom. The molecule has 0 unspecified atom stereocenters. The van der Waals surface area contributed by atoms with Gasteiger partial charge in [0.25, 0.3) is 5.91 Å². The summed E-state index contributed by atoms with van der Waals surface area (Å²) in [5.41, 5.74) is 3.15. The molecule has 0 aliphatic heterocycles. The Kier molecular flexibility index (Phi) is 6.28. The second kappa shape index (κ2) is 8.43. The highest BCUT2D eigenvalue weighted by atomic mass is 16.5. The van der Waals surface area contributed by atoms with Gasteiger partial charge in [-0.3, -0.25) is 14.4 Å². The number of benzene rings is 2. The molecule has 0 aliphatic carbocycles. The average molecular weight is 353 g/mol. The molecule has 2 aromatic rings. The van der Waals surface area contributed by atoms with Crippen molar-refractivity contribution in [3.63, 3.8) is 0 Å². The Labute approximate surface area is 153 Å². The second-order valence-corrected chi connectivity index (χ2v) is 6.40. The lowest BCUT2D eigenvalue weighted by atomic mass is 9.95. The number of aryl methyl sites for hydroxylation is 2. The van der Waals surface area contributed by atoms with Crippen LogP contribution < -0.4 is 5.32 Å². The third-order valence-electron chi connectivity index (χ3n) is 3.95. The summed E-state index contributed by atoms with van der Waals surface area (Å²) in [5, 5.41) is 2.51. The monoisotopic (exact) mass is 353 g/mol. The van der Waals surface area contributed by atoms with Crippen molar-refractivity contribution in [1.82, 2.24) is 5.32 Å². The Morgan fingerprint density at radius 2 is 1.62 bits per heavy atom. The van der Waals surface area contributed by atoms with Crippen molar-refractivity contribution in [2.45, 2.75) is 33.8 Å². The van der Waals surface area contributed by atoms with Gasteiger partial charge in [0, 0.05) is 11.1 Å². The predicted octanol–water partition coefficient (Wildman–Crippen LogP) is 3.22. The van der Waals surface area contributed by atoms with Crippen molar-refractivity contribution < 1.29 is 19.1 Å². The Balaban J connectivity index is 2.21. The molecule has 0 radical (unpaired) electrons. The third-order valence-corrected chi connectivity index (χ3v) is 3.95. The zero-order valence-corrected chi connectivity index (χ0v) is 15.5. The van der Waals surface area contributed by atoms with E-state index in [-0.39, 0.29) is 24.0 Å². The van der Waals surface area contributed by atoms with Crippen LogP contribution in [-0.4, -0.2) is 30.3 Å². The standard InChI is InChI=1S/C21H23NO4/c1-13(2)26-19(23)12-22-21(25)18-8-6-5-7-17(18)20(24)16-10-9-14(3)15(4)11-16/h5-11,13H,12H2,1-4H3,(H,22,25). The first-order valence-electron chi connectivity index (χ1n) is 8.48. The van der Waals surface area contributed by atoms with Crippen molar-refractivity contribution in [3.8, 4) is 0 Å². The van der Waals surface area contributed by atoms with E-state index >= 15 is 0 Å². The van der Waals surface area contributed by atoms with Crippen LogP contribution >= 0.6 is 0 Å². The van der Waals surface area contributed by atoms with Gasteiger partial charge in [0.1, 0.15) is 6.54 Å². The van der Waals surface area contributed by atoms with Crippen molar-refractivity contribution in [2.24, 2.45) is 0 Å². The number of hydrogen-bond donors (Lipinski definition) is 1. The second-order valence-electron chi connectivity index (χ2n) is 6.40. The zero-order valence-electron chi connectivity index (χ0n) is 15.5. The van der Waals surface area contributed by atoms with Crippen molar-refractivity contribution in [2.75, 3.05) is 6.54 Å². The van der Waals surface area contributed by atoms with E-state index in [1.54, 1.807) is 44.2 Å². The van der Waals surface area contributed by atoms with E-state index in [1.165, 1.54) is 0 Å². The molecule has 0 fully saturated rings. The minimum absolute atomic E-state index is 0.230. The number of hydrogen-bond acceptors (Lipinski definition) is 4. The number of amides is 1. The molecule has 0 aromatic heterocycles. The van der Waals surface area contributed by atoms with Gasteiger partial charge < -0.3 is 10.1 Å². The summed E-state index contributed by atoms with van der Waals surface area (Å²) in [7, 11) is 0. The van der Waals surface area contributed by atoms with Gasteiger partial charge in [-0.1, -0.05) is 30.3 Å². The fourth-order valence-electron chi connectivity index (χ4n) is 2.47. The minimum Gasteiger partial charge on any atom is -0.462 e. The van der Waals surface area contributed by atoms with Gasteiger partial charge in [-0.25, -0.2) is 0 Å². The van der Waals surface area contributed by atoms with Gasteiger partial charge in [0.2, 0.25) is 0 Å². The summed E-state index contributed by atoms with van der Waals surface area (Å²) in [6.07, 6.45) is -0.252. The lowest BCUT2D eigenvalue weighted by Crippen LogP contribution is -2.32. The number of ether oxygens (including phenoxy) is 1. The number of carbonyl (C=O) groups is 3. The molecular weight excluding hydrogens is 330 g/mol. The van der Waals surface area contributed by atoms with Gasteiger partial charge in [-0.15, -0.1) is 0 Å². The maximum atomic E-state index is 12.8. The Hall–Kier alpha value is -2.95. The van der Waals surface area contributed by atoms with E-state index in [9.17, 15) is 14.4 Å². The molecule has 136 valence electrons. The minimum atomic E-state index is -0.522. The van der Waals surface area contributed by atoms with Gasteiger partial charge in [-0.2, -0.15) is 0 Å². The summed E-state index contributed by atoms with van der Waals surface area (Å²) in [5.74, 6) is -1.24. The Bertz CT molecular complexity index is 840. The molecule has 0 heterocycles. The van der Waals surface area contributed by atoms with Crippen LogP contribution in [0.25, 0.3) is 0 Å². The number of nitrogens with one attached hydrogen (secondary N) is 1. The highest BCUT2D eigenvalue weighted by Crippen LogP contribution is 2.17. The highest BCUT2D eigenvalue weighted by molar-refractivity contribution is 6.15. The molecule has 0 saturated heterocycles. The van der Waals surface area contributed by atoms with E-state index in [0.29, 0.717) is 11.1 Å². The smallest absolute Gasteiger partial charge is 0.325 e. The number of rotatable bonds is 6. The van der Waals surface area contributed by atoms with E-state index in [2.05, 4.69) is 5.32 Å². The first kappa shape index (κ1) is 19.4. The SMILES string of the molecule is Cc1ccc(C(=O)c2ccccc2C(=O)NCC(=O)OC(C)C)cc1C. The van der Waals surface area contributed by atoms with Crippen LogP contribution in [0.1, 0.15) is 51.3 Å². The molecule has 2 rings (SSSR count). The third kappa shape index (κ3) is 4.79. The van der Waals surface area contributed by atoms with Crippen molar-refractivity contribution >= 4 is 17.7 Å². The summed E-state index contributed by atoms with van der Waals surface area (Å²) in [4.78, 5) is 36.9. The maximum Gasteiger partial charge on any atom is 0.325 e. The average Bonchev–Trinajstić information content (AvgIpc) is 2.61. The summed E-state index contributed by atoms with van der Waals surface area (Å²) in [6.45, 7) is 7.13. The molecule has 1 N–H and O–H groups in total. The van der Waals surface area contributed by atoms with Gasteiger partial charge in [-0.05, 0) is 51.0 Å². The highest BCUT2D eigenvalue weighted by Gasteiger charge is 2.19. The van der Waals surface area contributed by atoms with E-state index < -0.39 is 11.9 Å². The summed E-state index contributed by atoms with van der Waals surface area (Å²) < 4.78 is 4.99. The molecular formula is C21H23NO4. The fourth-order valence-corrected chi connectivity index (χ4v) is 2.47. The van der Waals surface area contributed by atoms with Crippen LogP contribution in [0.3, 0.4) is 0 Å². The zero-order chi connectivity index (χ0) is 19.3. The molecule has 5 heteroatoms. The first-order chi connectivity index (χ1) is 12.3. The van der Waals surface area contributed by atoms with Crippen LogP contribution in [0.4, 0.5) is 0 Å². The Morgan fingerprint density at radius 1 is 0.962 bits per heavy atom. The van der Waals surface area contributed by atoms with Crippen LogP contribution in [0.2, 0.25) is 0 Å². The number of esters is 1. The molecule has 1 amide bonds. The quantitative estimate of drug-likeness (QED) is 0.639. The maximum absolute atomic E-state index is 12.8. The lowest BCUT2D eigenvalue weighted by Gasteiger charge is -2.11. The van der Waals surface area contributed by atoms with Crippen LogP contribution in [-0.2, 0) is 9.53 Å². The molecule has 0 atom stereocenters. The largest absolute Gasteiger partial charge is 0.462 e. The normalized spacial score (nSPS) is 10.5. The molecule has 0 aliphatic rings. The van der Waals surface area contributed by atoms with E-state index in [0.717, 1.165) is 11.1 Å². The van der Waals surface area contributed by atoms with Crippen LogP contribution in [0.15, 0.2) is 42.5 Å². The van der Waals surface area contributed by atoms with E-state index in [1.807, 2.05) is 26.0 Å². The van der Waals surface area contributed by atoms with Gasteiger partial charge in [0.05, 0.1) is 11.7 Å². The van der Waals surface area contributed by atoms with Crippen molar-refractivity contribution in [1.29, 1.82) is 0 Å². The van der Waals surface area contributed by atoms with Crippen molar-refractivity contribution in [3.05, 3.63) is 70.3 Å². The molecule has 26 heavy (non-hydrogen) atoms. The molecule has 2 aromatic carbocycles. The van der Waals surface area contributed by atoms with Gasteiger partial charge in [0.15, 0.2) is 5.78 Å². The van der Waals surface area contributed by atoms with Crippen LogP contribution in [0.5, 0.6) is 0 Å². The summed E-state index contributed by atoms with van der Waals surface area (Å²) >= 11 is 0. The molecule has 0 spiro atoms. The first-order valence-corrected chi connectivity index (χ1v) is 8.48. The molecule has 0 bridgehead atoms. The van der Waals surface area contributed by atoms with Gasteiger partial charge >= 0.3 is 5.97 Å². The van der Waals surface area contributed by atoms with Crippen LogP contribution in [0, 0.1) is 13.8 Å². The topological polar surface area (TPSA) is 72.5 Å². The number of carbonyl (C=O) groups excluding carboxylic acids is 3. The fraction of sp³-hybridized carbons (Fsp3) is 0.286. The van der Waals surface area contributed by atoms with E-state index in [4.69, 9.17) is 4.74 Å². The number of ketones is 1.